The first kappa shape index (κ1) is 16.7. The van der Waals surface area contributed by atoms with Gasteiger partial charge in [0.05, 0.1) is 29.7 Å². The standard InChI is InChI=1S/C19H18N2O4/c1-10-15(18(22)23)17(16(11(2)21-10)19(24)25-3)13-8-9-20-14-7-5-4-6-12(13)14/h4-9,17,21H,1-3H3,(H,22,23). The van der Waals surface area contributed by atoms with Gasteiger partial charge in [-0.2, -0.15) is 0 Å². The number of rotatable bonds is 3. The van der Waals surface area contributed by atoms with Crippen LogP contribution in [-0.4, -0.2) is 29.1 Å². The molecule has 0 amide bonds. The van der Waals surface area contributed by atoms with E-state index in [-0.39, 0.29) is 5.57 Å². The van der Waals surface area contributed by atoms with Gasteiger partial charge in [-0.15, -0.1) is 0 Å². The van der Waals surface area contributed by atoms with E-state index in [2.05, 4.69) is 10.3 Å². The Labute approximate surface area is 144 Å². The molecule has 6 heteroatoms. The molecule has 1 aromatic carbocycles. The van der Waals surface area contributed by atoms with E-state index in [4.69, 9.17) is 4.74 Å². The van der Waals surface area contributed by atoms with Crippen molar-refractivity contribution < 1.29 is 19.4 Å². The number of carbonyl (C=O) groups excluding carboxylic acids is 1. The summed E-state index contributed by atoms with van der Waals surface area (Å²) in [6.45, 7) is 3.43. The van der Waals surface area contributed by atoms with E-state index in [1.807, 2.05) is 24.3 Å². The van der Waals surface area contributed by atoms with Crippen molar-refractivity contribution in [2.75, 3.05) is 7.11 Å². The summed E-state index contributed by atoms with van der Waals surface area (Å²) in [6.07, 6.45) is 1.62. The summed E-state index contributed by atoms with van der Waals surface area (Å²) in [7, 11) is 1.29. The van der Waals surface area contributed by atoms with Gasteiger partial charge in [-0.05, 0) is 31.5 Å². The van der Waals surface area contributed by atoms with Gasteiger partial charge >= 0.3 is 11.9 Å². The number of carboxylic acids is 1. The highest BCUT2D eigenvalue weighted by Crippen LogP contribution is 2.40. The van der Waals surface area contributed by atoms with E-state index in [0.717, 1.165) is 10.9 Å². The van der Waals surface area contributed by atoms with Crippen molar-refractivity contribution in [3.8, 4) is 0 Å². The highest BCUT2D eigenvalue weighted by Gasteiger charge is 2.37. The molecule has 2 aromatic rings. The molecule has 6 nitrogen and oxygen atoms in total. The topological polar surface area (TPSA) is 88.5 Å². The van der Waals surface area contributed by atoms with E-state index < -0.39 is 17.9 Å². The lowest BCUT2D eigenvalue weighted by Gasteiger charge is -2.30. The number of nitrogens with one attached hydrogen (secondary N) is 1. The second-order valence-corrected chi connectivity index (χ2v) is 5.85. The van der Waals surface area contributed by atoms with Gasteiger partial charge in [0.2, 0.25) is 0 Å². The van der Waals surface area contributed by atoms with Crippen LogP contribution in [0.25, 0.3) is 10.9 Å². The Balaban J connectivity index is 2.34. The summed E-state index contributed by atoms with van der Waals surface area (Å²) < 4.78 is 4.92. The van der Waals surface area contributed by atoms with Crippen molar-refractivity contribution in [3.63, 3.8) is 0 Å². The third-order valence-electron chi connectivity index (χ3n) is 4.39. The zero-order valence-electron chi connectivity index (χ0n) is 14.2. The number of benzene rings is 1. The molecule has 0 radical (unpaired) electrons. The fourth-order valence-electron chi connectivity index (χ4n) is 3.34. The first-order valence-corrected chi connectivity index (χ1v) is 7.79. The van der Waals surface area contributed by atoms with Gasteiger partial charge in [-0.25, -0.2) is 9.59 Å². The lowest BCUT2D eigenvalue weighted by molar-refractivity contribution is -0.136. The summed E-state index contributed by atoms with van der Waals surface area (Å²) in [5, 5.41) is 13.6. The zero-order valence-corrected chi connectivity index (χ0v) is 14.2. The molecule has 0 bridgehead atoms. The predicted molar refractivity (Wildman–Crippen MR) is 92.7 cm³/mol. The van der Waals surface area contributed by atoms with Crippen molar-refractivity contribution in [2.24, 2.45) is 0 Å². The van der Waals surface area contributed by atoms with Crippen molar-refractivity contribution >= 4 is 22.8 Å². The second-order valence-electron chi connectivity index (χ2n) is 5.85. The number of para-hydroxylation sites is 1. The highest BCUT2D eigenvalue weighted by molar-refractivity contribution is 6.01. The van der Waals surface area contributed by atoms with Gasteiger partial charge in [-0.3, -0.25) is 4.98 Å². The Morgan fingerprint density at radius 2 is 1.80 bits per heavy atom. The molecule has 0 spiro atoms. The highest BCUT2D eigenvalue weighted by atomic mass is 16.5. The molecule has 0 saturated heterocycles. The largest absolute Gasteiger partial charge is 0.478 e. The molecule has 2 heterocycles. The van der Waals surface area contributed by atoms with Crippen LogP contribution in [0, 0.1) is 0 Å². The van der Waals surface area contributed by atoms with Gasteiger partial charge < -0.3 is 15.2 Å². The number of dihydropyridines is 1. The number of hydrogen-bond donors (Lipinski definition) is 2. The third kappa shape index (κ3) is 2.76. The molecule has 0 saturated carbocycles. The third-order valence-corrected chi connectivity index (χ3v) is 4.39. The smallest absolute Gasteiger partial charge is 0.336 e. The van der Waals surface area contributed by atoms with Gasteiger partial charge in [0.15, 0.2) is 0 Å². The molecule has 1 aliphatic heterocycles. The number of aromatic nitrogens is 1. The molecule has 1 atom stereocenters. The monoisotopic (exact) mass is 338 g/mol. The SMILES string of the molecule is COC(=O)C1=C(C)NC(C)=C(C(=O)O)C1c1ccnc2ccccc12. The van der Waals surface area contributed by atoms with E-state index in [0.29, 0.717) is 22.5 Å². The average Bonchev–Trinajstić information content (AvgIpc) is 2.59. The molecular weight excluding hydrogens is 320 g/mol. The van der Waals surface area contributed by atoms with Crippen LogP contribution in [0.15, 0.2) is 59.1 Å². The Kier molecular flexibility index (Phi) is 4.27. The summed E-state index contributed by atoms with van der Waals surface area (Å²) in [6, 6.07) is 9.21. The molecule has 1 aliphatic rings. The van der Waals surface area contributed by atoms with Crippen molar-refractivity contribution in [2.45, 2.75) is 19.8 Å². The molecular formula is C19H18N2O4. The Morgan fingerprint density at radius 1 is 1.12 bits per heavy atom. The van der Waals surface area contributed by atoms with Crippen LogP contribution in [0.5, 0.6) is 0 Å². The maximum Gasteiger partial charge on any atom is 0.336 e. The normalized spacial score (nSPS) is 17.5. The molecule has 3 rings (SSSR count). The minimum Gasteiger partial charge on any atom is -0.478 e. The van der Waals surface area contributed by atoms with E-state index in [1.165, 1.54) is 7.11 Å². The van der Waals surface area contributed by atoms with Crippen molar-refractivity contribution in [3.05, 3.63) is 64.6 Å². The second kappa shape index (κ2) is 6.39. The van der Waals surface area contributed by atoms with Crippen molar-refractivity contribution in [1.29, 1.82) is 0 Å². The fraction of sp³-hybridized carbons (Fsp3) is 0.211. The minimum absolute atomic E-state index is 0.127. The lowest BCUT2D eigenvalue weighted by atomic mass is 9.79. The molecule has 1 aromatic heterocycles. The van der Waals surface area contributed by atoms with Crippen LogP contribution in [0.1, 0.15) is 25.3 Å². The number of esters is 1. The number of fused-ring (bicyclic) bond motifs is 1. The number of allylic oxidation sites excluding steroid dienone is 2. The first-order valence-electron chi connectivity index (χ1n) is 7.79. The molecule has 128 valence electrons. The number of carboxylic acid groups (broad SMARTS) is 1. The first-order chi connectivity index (χ1) is 12.0. The van der Waals surface area contributed by atoms with Crippen LogP contribution in [-0.2, 0) is 14.3 Å². The Hall–Kier alpha value is -3.15. The lowest BCUT2D eigenvalue weighted by Crippen LogP contribution is -2.31. The number of hydrogen-bond acceptors (Lipinski definition) is 5. The van der Waals surface area contributed by atoms with Crippen LogP contribution >= 0.6 is 0 Å². The number of carbonyl (C=O) groups is 2. The maximum absolute atomic E-state index is 12.4. The number of nitrogens with zero attached hydrogens (tertiary/aromatic N) is 1. The summed E-state index contributed by atoms with van der Waals surface area (Å²) in [5.41, 5.74) is 2.96. The van der Waals surface area contributed by atoms with Crippen LogP contribution in [0.4, 0.5) is 0 Å². The zero-order chi connectivity index (χ0) is 18.1. The Bertz CT molecular complexity index is 938. The molecule has 2 N–H and O–H groups in total. The molecule has 0 fully saturated rings. The summed E-state index contributed by atoms with van der Waals surface area (Å²) >= 11 is 0. The molecule has 1 unspecified atom stereocenters. The predicted octanol–water partition coefficient (Wildman–Crippen LogP) is 2.73. The summed E-state index contributed by atoms with van der Waals surface area (Å²) in [4.78, 5) is 28.7. The van der Waals surface area contributed by atoms with Gasteiger partial charge in [0.25, 0.3) is 0 Å². The summed E-state index contributed by atoms with van der Waals surface area (Å²) in [5.74, 6) is -2.37. The number of aliphatic carboxylic acids is 1. The van der Waals surface area contributed by atoms with Gasteiger partial charge in [0, 0.05) is 23.0 Å². The number of pyridine rings is 1. The Morgan fingerprint density at radius 3 is 2.48 bits per heavy atom. The van der Waals surface area contributed by atoms with Crippen LogP contribution < -0.4 is 5.32 Å². The van der Waals surface area contributed by atoms with E-state index >= 15 is 0 Å². The molecule has 25 heavy (non-hydrogen) atoms. The van der Waals surface area contributed by atoms with Crippen molar-refractivity contribution in [1.82, 2.24) is 10.3 Å². The average molecular weight is 338 g/mol. The van der Waals surface area contributed by atoms with Gasteiger partial charge in [-0.1, -0.05) is 18.2 Å². The van der Waals surface area contributed by atoms with E-state index in [9.17, 15) is 14.7 Å². The number of methoxy groups -OCH3 is 1. The maximum atomic E-state index is 12.4. The number of ether oxygens (including phenoxy) is 1. The van der Waals surface area contributed by atoms with Crippen LogP contribution in [0.2, 0.25) is 0 Å². The van der Waals surface area contributed by atoms with E-state index in [1.54, 1.807) is 26.1 Å². The molecule has 0 aliphatic carbocycles. The fourth-order valence-corrected chi connectivity index (χ4v) is 3.34. The van der Waals surface area contributed by atoms with Crippen LogP contribution in [0.3, 0.4) is 0 Å². The quantitative estimate of drug-likeness (QED) is 0.837. The van der Waals surface area contributed by atoms with Gasteiger partial charge in [0.1, 0.15) is 0 Å². The minimum atomic E-state index is -1.08.